The number of hydrogen-bond donors (Lipinski definition) is 1. The Kier molecular flexibility index (Phi) is 5.02. The molecule has 0 amide bonds. The molecule has 0 spiro atoms. The minimum Gasteiger partial charge on any atom is -0.483 e. The number of ether oxygens (including phenoxy) is 1. The summed E-state index contributed by atoms with van der Waals surface area (Å²) < 4.78 is 8.00. The highest BCUT2D eigenvalue weighted by Crippen LogP contribution is 2.31. The van der Waals surface area contributed by atoms with E-state index in [9.17, 15) is 0 Å². The van der Waals surface area contributed by atoms with Gasteiger partial charge in [0.25, 0.3) is 0 Å². The zero-order valence-corrected chi connectivity index (χ0v) is 13.7. The van der Waals surface area contributed by atoms with E-state index in [2.05, 4.69) is 31.9 Å². The van der Waals surface area contributed by atoms with Gasteiger partial charge in [-0.2, -0.15) is 0 Å². The van der Waals surface area contributed by atoms with Gasteiger partial charge < -0.3 is 10.5 Å². The normalized spacial score (nSPS) is 13.9. The maximum atomic E-state index is 6.06. The van der Waals surface area contributed by atoms with Crippen molar-refractivity contribution in [2.75, 3.05) is 0 Å². The smallest absolute Gasteiger partial charge is 0.139 e. The summed E-state index contributed by atoms with van der Waals surface area (Å²) in [6.45, 7) is 1.95. The molecule has 0 aliphatic heterocycles. The molecule has 2 aromatic carbocycles. The van der Waals surface area contributed by atoms with Crippen LogP contribution in [0.5, 0.6) is 5.75 Å². The molecule has 19 heavy (non-hydrogen) atoms. The van der Waals surface area contributed by atoms with Crippen molar-refractivity contribution in [3.8, 4) is 5.75 Å². The molecule has 0 heterocycles. The summed E-state index contributed by atoms with van der Waals surface area (Å²) in [7, 11) is 0. The topological polar surface area (TPSA) is 35.2 Å². The molecule has 0 fully saturated rings. The van der Waals surface area contributed by atoms with Crippen LogP contribution in [0.15, 0.2) is 57.5 Å². The fourth-order valence-corrected chi connectivity index (χ4v) is 2.63. The van der Waals surface area contributed by atoms with Gasteiger partial charge in [0, 0.05) is 10.5 Å². The third kappa shape index (κ3) is 3.81. The van der Waals surface area contributed by atoms with E-state index in [0.717, 1.165) is 20.3 Å². The van der Waals surface area contributed by atoms with Gasteiger partial charge in [0.05, 0.1) is 4.47 Å². The van der Waals surface area contributed by atoms with E-state index in [1.165, 1.54) is 0 Å². The first kappa shape index (κ1) is 14.6. The molecule has 0 aliphatic rings. The van der Waals surface area contributed by atoms with E-state index < -0.39 is 0 Å². The first-order valence-electron chi connectivity index (χ1n) is 6.00. The third-order valence-electron chi connectivity index (χ3n) is 2.75. The molecule has 0 bridgehead atoms. The number of para-hydroxylation sites is 1. The van der Waals surface area contributed by atoms with E-state index >= 15 is 0 Å². The summed E-state index contributed by atoms with van der Waals surface area (Å²) in [6, 6.07) is 15.7. The Balaban J connectivity index is 2.29. The summed E-state index contributed by atoms with van der Waals surface area (Å²) in [6.07, 6.45) is -0.184. The predicted octanol–water partition coefficient (Wildman–Crippen LogP) is 4.68. The molecule has 2 N–H and O–H groups in total. The Bertz CT molecular complexity index is 557. The van der Waals surface area contributed by atoms with E-state index in [4.69, 9.17) is 10.5 Å². The molecule has 0 aromatic heterocycles. The van der Waals surface area contributed by atoms with Crippen LogP contribution in [0.1, 0.15) is 18.6 Å². The van der Waals surface area contributed by atoms with Crippen molar-refractivity contribution in [2.45, 2.75) is 19.1 Å². The zero-order chi connectivity index (χ0) is 13.8. The van der Waals surface area contributed by atoms with Gasteiger partial charge in [-0.3, -0.25) is 0 Å². The molecule has 2 rings (SSSR count). The molecule has 2 aromatic rings. The van der Waals surface area contributed by atoms with Gasteiger partial charge in [0.15, 0.2) is 0 Å². The van der Waals surface area contributed by atoms with Crippen molar-refractivity contribution < 1.29 is 4.74 Å². The first-order chi connectivity index (χ1) is 9.08. The highest BCUT2D eigenvalue weighted by Gasteiger charge is 2.19. The lowest BCUT2D eigenvalue weighted by Crippen LogP contribution is -2.29. The average Bonchev–Trinajstić information content (AvgIpc) is 2.37. The quantitative estimate of drug-likeness (QED) is 0.830. The fourth-order valence-electron chi connectivity index (χ4n) is 1.84. The zero-order valence-electron chi connectivity index (χ0n) is 10.5. The predicted molar refractivity (Wildman–Crippen MR) is 85.3 cm³/mol. The average molecular weight is 385 g/mol. The van der Waals surface area contributed by atoms with E-state index in [1.807, 2.05) is 55.5 Å². The number of nitrogens with two attached hydrogens (primary N) is 1. The molecule has 0 saturated carbocycles. The maximum Gasteiger partial charge on any atom is 0.139 e. The Morgan fingerprint density at radius 1 is 1.05 bits per heavy atom. The van der Waals surface area contributed by atoms with Crippen molar-refractivity contribution >= 4 is 31.9 Å². The molecular formula is C15H15Br2NO. The number of hydrogen-bond acceptors (Lipinski definition) is 2. The van der Waals surface area contributed by atoms with Crippen LogP contribution in [-0.2, 0) is 0 Å². The summed E-state index contributed by atoms with van der Waals surface area (Å²) in [4.78, 5) is 0. The van der Waals surface area contributed by atoms with Gasteiger partial charge in [-0.15, -0.1) is 0 Å². The maximum absolute atomic E-state index is 6.06. The standard InChI is InChI=1S/C15H15Br2NO/c1-10(18)15(11-5-4-6-12(16)9-11)19-14-8-3-2-7-13(14)17/h2-10,15H,18H2,1H3. The highest BCUT2D eigenvalue weighted by molar-refractivity contribution is 9.10. The Morgan fingerprint density at radius 2 is 1.79 bits per heavy atom. The fraction of sp³-hybridized carbons (Fsp3) is 0.200. The molecule has 0 radical (unpaired) electrons. The number of benzene rings is 2. The first-order valence-corrected chi connectivity index (χ1v) is 7.59. The Morgan fingerprint density at radius 3 is 2.42 bits per heavy atom. The number of rotatable bonds is 4. The minimum atomic E-state index is -0.184. The van der Waals surface area contributed by atoms with Crippen molar-refractivity contribution in [2.24, 2.45) is 5.73 Å². The Hall–Kier alpha value is -0.840. The summed E-state index contributed by atoms with van der Waals surface area (Å²) in [5.74, 6) is 0.796. The number of halogens is 2. The van der Waals surface area contributed by atoms with Gasteiger partial charge in [0.2, 0.25) is 0 Å². The molecule has 0 aliphatic carbocycles. The van der Waals surface area contributed by atoms with Crippen LogP contribution in [0.4, 0.5) is 0 Å². The molecule has 2 nitrogen and oxygen atoms in total. The largest absolute Gasteiger partial charge is 0.483 e. The van der Waals surface area contributed by atoms with Gasteiger partial charge in [-0.1, -0.05) is 40.2 Å². The lowest BCUT2D eigenvalue weighted by Gasteiger charge is -2.23. The summed E-state index contributed by atoms with van der Waals surface area (Å²) in [5.41, 5.74) is 7.12. The second-order valence-electron chi connectivity index (χ2n) is 4.38. The van der Waals surface area contributed by atoms with E-state index in [0.29, 0.717) is 0 Å². The third-order valence-corrected chi connectivity index (χ3v) is 3.89. The molecule has 0 saturated heterocycles. The van der Waals surface area contributed by atoms with Crippen molar-refractivity contribution in [1.82, 2.24) is 0 Å². The lowest BCUT2D eigenvalue weighted by atomic mass is 10.0. The van der Waals surface area contributed by atoms with Crippen LogP contribution < -0.4 is 10.5 Å². The van der Waals surface area contributed by atoms with Gasteiger partial charge in [0.1, 0.15) is 11.9 Å². The van der Waals surface area contributed by atoms with E-state index in [1.54, 1.807) is 0 Å². The minimum absolute atomic E-state index is 0.110. The van der Waals surface area contributed by atoms with Crippen LogP contribution in [0.3, 0.4) is 0 Å². The SMILES string of the molecule is CC(N)C(Oc1ccccc1Br)c1cccc(Br)c1. The molecule has 2 atom stereocenters. The molecule has 2 unspecified atom stereocenters. The van der Waals surface area contributed by atoms with E-state index in [-0.39, 0.29) is 12.1 Å². The van der Waals surface area contributed by atoms with Crippen LogP contribution in [0.25, 0.3) is 0 Å². The monoisotopic (exact) mass is 383 g/mol. The van der Waals surface area contributed by atoms with Gasteiger partial charge >= 0.3 is 0 Å². The second kappa shape index (κ2) is 6.55. The van der Waals surface area contributed by atoms with Gasteiger partial charge in [-0.25, -0.2) is 0 Å². The van der Waals surface area contributed by atoms with Crippen molar-refractivity contribution in [3.63, 3.8) is 0 Å². The van der Waals surface area contributed by atoms with Crippen LogP contribution in [0.2, 0.25) is 0 Å². The van der Waals surface area contributed by atoms with Crippen LogP contribution in [0, 0.1) is 0 Å². The summed E-state index contributed by atoms with van der Waals surface area (Å²) in [5, 5.41) is 0. The van der Waals surface area contributed by atoms with Crippen LogP contribution in [-0.4, -0.2) is 6.04 Å². The Labute approximate surface area is 130 Å². The molecule has 100 valence electrons. The summed E-state index contributed by atoms with van der Waals surface area (Å²) >= 11 is 6.96. The second-order valence-corrected chi connectivity index (χ2v) is 6.15. The lowest BCUT2D eigenvalue weighted by molar-refractivity contribution is 0.179. The highest BCUT2D eigenvalue weighted by atomic mass is 79.9. The van der Waals surface area contributed by atoms with Crippen molar-refractivity contribution in [3.05, 3.63) is 63.0 Å². The van der Waals surface area contributed by atoms with Gasteiger partial charge in [-0.05, 0) is 52.7 Å². The van der Waals surface area contributed by atoms with Crippen molar-refractivity contribution in [1.29, 1.82) is 0 Å². The van der Waals surface area contributed by atoms with Crippen LogP contribution >= 0.6 is 31.9 Å². The molecular weight excluding hydrogens is 370 g/mol. The molecule has 4 heteroatoms.